The number of hydrogen-bond acceptors (Lipinski definition) is 5. The maximum atomic E-state index is 13.0. The predicted molar refractivity (Wildman–Crippen MR) is 106 cm³/mol. The fourth-order valence-corrected chi connectivity index (χ4v) is 4.24. The average Bonchev–Trinajstić information content (AvgIpc) is 3.10. The van der Waals surface area contributed by atoms with Gasteiger partial charge in [0.25, 0.3) is 5.91 Å². The molecule has 1 fully saturated rings. The number of hydrogen-bond donors (Lipinski definition) is 1. The normalized spacial score (nSPS) is 17.2. The SMILES string of the molecule is COc1ccc(C(=O)N2CCC3(CC2)COc2ccc(CN)cc23)cc1OC. The lowest BCUT2D eigenvalue weighted by atomic mass is 9.74. The highest BCUT2D eigenvalue weighted by Crippen LogP contribution is 2.46. The summed E-state index contributed by atoms with van der Waals surface area (Å²) in [5.41, 5.74) is 8.78. The minimum absolute atomic E-state index is 0.0190. The van der Waals surface area contributed by atoms with Gasteiger partial charge in [0.2, 0.25) is 0 Å². The van der Waals surface area contributed by atoms with E-state index in [0.29, 0.717) is 43.3 Å². The van der Waals surface area contributed by atoms with E-state index in [9.17, 15) is 4.79 Å². The summed E-state index contributed by atoms with van der Waals surface area (Å²) < 4.78 is 16.5. The maximum absolute atomic E-state index is 13.0. The molecule has 1 saturated heterocycles. The maximum Gasteiger partial charge on any atom is 0.253 e. The van der Waals surface area contributed by atoms with E-state index in [1.807, 2.05) is 17.0 Å². The number of amides is 1. The van der Waals surface area contributed by atoms with Gasteiger partial charge in [0.15, 0.2) is 11.5 Å². The van der Waals surface area contributed by atoms with Crippen LogP contribution in [-0.4, -0.2) is 44.7 Å². The zero-order valence-corrected chi connectivity index (χ0v) is 16.4. The Morgan fingerprint density at radius 2 is 1.86 bits per heavy atom. The summed E-state index contributed by atoms with van der Waals surface area (Å²) in [6.45, 7) is 2.59. The highest BCUT2D eigenvalue weighted by Gasteiger charge is 2.44. The molecule has 4 rings (SSSR count). The molecule has 0 aliphatic carbocycles. The quantitative estimate of drug-likeness (QED) is 0.880. The second-order valence-electron chi connectivity index (χ2n) is 7.47. The first kappa shape index (κ1) is 18.6. The van der Waals surface area contributed by atoms with Gasteiger partial charge in [0, 0.05) is 36.2 Å². The van der Waals surface area contributed by atoms with Crippen LogP contribution in [-0.2, 0) is 12.0 Å². The Morgan fingerprint density at radius 3 is 2.54 bits per heavy atom. The van der Waals surface area contributed by atoms with Crippen LogP contribution < -0.4 is 19.9 Å². The van der Waals surface area contributed by atoms with Gasteiger partial charge in [-0.1, -0.05) is 12.1 Å². The Kier molecular flexibility index (Phi) is 4.89. The first-order valence-corrected chi connectivity index (χ1v) is 9.58. The van der Waals surface area contributed by atoms with Gasteiger partial charge in [-0.05, 0) is 42.7 Å². The first-order chi connectivity index (χ1) is 13.6. The first-order valence-electron chi connectivity index (χ1n) is 9.58. The van der Waals surface area contributed by atoms with E-state index >= 15 is 0 Å². The molecular weight excluding hydrogens is 356 g/mol. The fraction of sp³-hybridized carbons (Fsp3) is 0.409. The molecule has 0 bridgehead atoms. The van der Waals surface area contributed by atoms with Gasteiger partial charge in [-0.25, -0.2) is 0 Å². The molecule has 6 nitrogen and oxygen atoms in total. The number of fused-ring (bicyclic) bond motifs is 2. The average molecular weight is 382 g/mol. The van der Waals surface area contributed by atoms with Crippen LogP contribution in [0.15, 0.2) is 36.4 Å². The minimum Gasteiger partial charge on any atom is -0.493 e. The van der Waals surface area contributed by atoms with E-state index < -0.39 is 0 Å². The molecule has 2 aromatic carbocycles. The Labute approximate surface area is 165 Å². The molecule has 1 spiro atoms. The highest BCUT2D eigenvalue weighted by molar-refractivity contribution is 5.95. The van der Waals surface area contributed by atoms with Crippen molar-refractivity contribution in [1.29, 1.82) is 0 Å². The Bertz CT molecular complexity index is 888. The van der Waals surface area contributed by atoms with E-state index in [0.717, 1.165) is 24.2 Å². The van der Waals surface area contributed by atoms with Crippen LogP contribution in [0.5, 0.6) is 17.2 Å². The Morgan fingerprint density at radius 1 is 1.11 bits per heavy atom. The molecule has 2 aliphatic rings. The molecule has 0 unspecified atom stereocenters. The third-order valence-corrected chi connectivity index (χ3v) is 5.99. The Hall–Kier alpha value is -2.73. The number of carbonyl (C=O) groups is 1. The molecule has 0 saturated carbocycles. The van der Waals surface area contributed by atoms with Crippen LogP contribution >= 0.6 is 0 Å². The molecule has 0 aromatic heterocycles. The van der Waals surface area contributed by atoms with Crippen molar-refractivity contribution in [1.82, 2.24) is 4.90 Å². The standard InChI is InChI=1S/C22H26N2O4/c1-26-19-6-4-16(12-20(19)27-2)21(25)24-9-7-22(8-10-24)14-28-18-5-3-15(13-23)11-17(18)22/h3-6,11-12H,7-10,13-14,23H2,1-2H3. The van der Waals surface area contributed by atoms with E-state index in [4.69, 9.17) is 19.9 Å². The highest BCUT2D eigenvalue weighted by atomic mass is 16.5. The number of carbonyl (C=O) groups excluding carboxylic acids is 1. The number of piperidine rings is 1. The summed E-state index contributed by atoms with van der Waals surface area (Å²) in [5, 5.41) is 0. The van der Waals surface area contributed by atoms with Crippen molar-refractivity contribution in [2.24, 2.45) is 5.73 Å². The monoisotopic (exact) mass is 382 g/mol. The molecule has 148 valence electrons. The molecule has 2 N–H and O–H groups in total. The lowest BCUT2D eigenvalue weighted by molar-refractivity contribution is 0.0646. The van der Waals surface area contributed by atoms with Gasteiger partial charge in [0.05, 0.1) is 20.8 Å². The van der Waals surface area contributed by atoms with Crippen molar-refractivity contribution < 1.29 is 19.0 Å². The van der Waals surface area contributed by atoms with Gasteiger partial charge >= 0.3 is 0 Å². The van der Waals surface area contributed by atoms with Crippen LogP contribution in [0.4, 0.5) is 0 Å². The summed E-state index contributed by atoms with van der Waals surface area (Å²) in [6, 6.07) is 11.5. The predicted octanol–water partition coefficient (Wildman–Crippen LogP) is 2.73. The number of nitrogens with two attached hydrogens (primary N) is 1. The third-order valence-electron chi connectivity index (χ3n) is 5.99. The van der Waals surface area contributed by atoms with Crippen LogP contribution in [0.25, 0.3) is 0 Å². The van der Waals surface area contributed by atoms with Gasteiger partial charge < -0.3 is 24.8 Å². The molecule has 2 aromatic rings. The largest absolute Gasteiger partial charge is 0.493 e. The van der Waals surface area contributed by atoms with Crippen molar-refractivity contribution in [3.05, 3.63) is 53.1 Å². The second kappa shape index (κ2) is 7.36. The number of benzene rings is 2. The minimum atomic E-state index is -0.0190. The molecule has 28 heavy (non-hydrogen) atoms. The van der Waals surface area contributed by atoms with Crippen LogP contribution in [0.2, 0.25) is 0 Å². The van der Waals surface area contributed by atoms with Crippen molar-refractivity contribution in [3.63, 3.8) is 0 Å². The van der Waals surface area contributed by atoms with Crippen LogP contribution in [0.1, 0.15) is 34.3 Å². The van der Waals surface area contributed by atoms with E-state index in [1.165, 1.54) is 5.56 Å². The summed E-state index contributed by atoms with van der Waals surface area (Å²) in [5.74, 6) is 2.16. The topological polar surface area (TPSA) is 74.0 Å². The lowest BCUT2D eigenvalue weighted by Gasteiger charge is -2.38. The number of likely N-dealkylation sites (tertiary alicyclic amines) is 1. The third kappa shape index (κ3) is 3.07. The Balaban J connectivity index is 1.50. The van der Waals surface area contributed by atoms with Crippen LogP contribution in [0.3, 0.4) is 0 Å². The fourth-order valence-electron chi connectivity index (χ4n) is 4.24. The number of methoxy groups -OCH3 is 2. The second-order valence-corrected chi connectivity index (χ2v) is 7.47. The smallest absolute Gasteiger partial charge is 0.253 e. The van der Waals surface area contributed by atoms with Gasteiger partial charge in [-0.3, -0.25) is 4.79 Å². The van der Waals surface area contributed by atoms with Gasteiger partial charge in [-0.2, -0.15) is 0 Å². The van der Waals surface area contributed by atoms with E-state index in [2.05, 4.69) is 6.07 Å². The number of rotatable bonds is 4. The van der Waals surface area contributed by atoms with E-state index in [-0.39, 0.29) is 11.3 Å². The van der Waals surface area contributed by atoms with E-state index in [1.54, 1.807) is 32.4 Å². The number of ether oxygens (including phenoxy) is 3. The molecule has 0 atom stereocenters. The van der Waals surface area contributed by atoms with Crippen molar-refractivity contribution >= 4 is 5.91 Å². The van der Waals surface area contributed by atoms with Gasteiger partial charge in [-0.15, -0.1) is 0 Å². The zero-order valence-electron chi connectivity index (χ0n) is 16.4. The summed E-state index contributed by atoms with van der Waals surface area (Å²) in [6.07, 6.45) is 1.76. The molecule has 0 radical (unpaired) electrons. The molecular formula is C22H26N2O4. The molecule has 2 heterocycles. The van der Waals surface area contributed by atoms with Crippen molar-refractivity contribution in [3.8, 4) is 17.2 Å². The lowest BCUT2D eigenvalue weighted by Crippen LogP contribution is -2.46. The zero-order chi connectivity index (χ0) is 19.7. The summed E-state index contributed by atoms with van der Waals surface area (Å²) in [7, 11) is 3.16. The van der Waals surface area contributed by atoms with Crippen molar-refractivity contribution in [2.75, 3.05) is 33.9 Å². The van der Waals surface area contributed by atoms with Gasteiger partial charge in [0.1, 0.15) is 5.75 Å². The summed E-state index contributed by atoms with van der Waals surface area (Å²) >= 11 is 0. The van der Waals surface area contributed by atoms with Crippen LogP contribution in [0, 0.1) is 0 Å². The molecule has 2 aliphatic heterocycles. The van der Waals surface area contributed by atoms with Crippen molar-refractivity contribution in [2.45, 2.75) is 24.8 Å². The number of nitrogens with zero attached hydrogens (tertiary/aromatic N) is 1. The summed E-state index contributed by atoms with van der Waals surface area (Å²) in [4.78, 5) is 14.9. The molecule has 6 heteroatoms. The molecule has 1 amide bonds.